The number of rotatable bonds is 3. The van der Waals surface area contributed by atoms with Gasteiger partial charge >= 0.3 is 0 Å². The van der Waals surface area contributed by atoms with Crippen molar-refractivity contribution in [2.75, 3.05) is 14.2 Å². The van der Waals surface area contributed by atoms with Crippen LogP contribution >= 0.6 is 0 Å². The molecule has 0 spiro atoms. The zero-order valence-electron chi connectivity index (χ0n) is 12.5. The zero-order chi connectivity index (χ0) is 15.3. The van der Waals surface area contributed by atoms with Crippen molar-refractivity contribution in [2.24, 2.45) is 5.92 Å². The Hall–Kier alpha value is -2.49. The summed E-state index contributed by atoms with van der Waals surface area (Å²) in [6.07, 6.45) is 0.704. The molecule has 2 aromatic carbocycles. The number of Topliss-reactive ketones (excluding diaryl/α,β-unsaturated/α-hetero) is 1. The number of fused-ring (bicyclic) bond motifs is 2. The number of benzene rings is 2. The predicted molar refractivity (Wildman–Crippen MR) is 80.7 cm³/mol. The molecule has 2 aliphatic rings. The largest absolute Gasteiger partial charge is 0.493 e. The quantitative estimate of drug-likeness (QED) is 0.872. The summed E-state index contributed by atoms with van der Waals surface area (Å²) in [5, 5.41) is 0. The van der Waals surface area contributed by atoms with E-state index in [9.17, 15) is 4.79 Å². The second-order valence-corrected chi connectivity index (χ2v) is 5.68. The molecule has 112 valence electrons. The van der Waals surface area contributed by atoms with Gasteiger partial charge in [-0.05, 0) is 24.3 Å². The normalized spacial score (nSPS) is 24.8. The number of methoxy groups -OCH3 is 2. The molecule has 2 aromatic rings. The van der Waals surface area contributed by atoms with Crippen molar-refractivity contribution >= 4 is 5.78 Å². The van der Waals surface area contributed by atoms with Crippen molar-refractivity contribution in [2.45, 2.75) is 12.0 Å². The summed E-state index contributed by atoms with van der Waals surface area (Å²) in [6.45, 7) is 0. The summed E-state index contributed by atoms with van der Waals surface area (Å²) in [6, 6.07) is 13.1. The second kappa shape index (κ2) is 4.50. The van der Waals surface area contributed by atoms with Gasteiger partial charge in [0.1, 0.15) is 11.4 Å². The van der Waals surface area contributed by atoms with Gasteiger partial charge in [0.15, 0.2) is 17.3 Å². The highest BCUT2D eigenvalue weighted by atomic mass is 16.5. The molecule has 0 N–H and O–H groups in total. The minimum Gasteiger partial charge on any atom is -0.493 e. The zero-order valence-corrected chi connectivity index (χ0v) is 12.5. The van der Waals surface area contributed by atoms with E-state index in [1.165, 1.54) is 0 Å². The van der Waals surface area contributed by atoms with Crippen LogP contribution in [0.5, 0.6) is 17.2 Å². The molecule has 2 unspecified atom stereocenters. The minimum atomic E-state index is -0.551. The van der Waals surface area contributed by atoms with Crippen LogP contribution in [-0.2, 0) is 5.60 Å². The summed E-state index contributed by atoms with van der Waals surface area (Å²) in [4.78, 5) is 12.6. The maximum atomic E-state index is 12.6. The van der Waals surface area contributed by atoms with E-state index < -0.39 is 5.60 Å². The molecule has 1 fully saturated rings. The Morgan fingerprint density at radius 3 is 2.64 bits per heavy atom. The molecule has 0 saturated heterocycles. The first-order valence-electron chi connectivity index (χ1n) is 7.24. The monoisotopic (exact) mass is 296 g/mol. The van der Waals surface area contributed by atoms with Gasteiger partial charge in [0.05, 0.1) is 25.7 Å². The first-order chi connectivity index (χ1) is 10.7. The molecule has 0 bridgehead atoms. The third kappa shape index (κ3) is 1.67. The fourth-order valence-electron chi connectivity index (χ4n) is 3.28. The van der Waals surface area contributed by atoms with E-state index >= 15 is 0 Å². The first-order valence-corrected chi connectivity index (χ1v) is 7.24. The van der Waals surface area contributed by atoms with Gasteiger partial charge in [-0.3, -0.25) is 4.79 Å². The van der Waals surface area contributed by atoms with E-state index in [2.05, 4.69) is 0 Å². The number of ketones is 1. The maximum Gasteiger partial charge on any atom is 0.174 e. The molecule has 4 nitrogen and oxygen atoms in total. The van der Waals surface area contributed by atoms with Gasteiger partial charge in [-0.1, -0.05) is 18.2 Å². The molecule has 4 heteroatoms. The molecule has 1 saturated carbocycles. The number of hydrogen-bond donors (Lipinski definition) is 0. The summed E-state index contributed by atoms with van der Waals surface area (Å²) in [5.41, 5.74) is 1.09. The lowest BCUT2D eigenvalue weighted by Gasteiger charge is -2.26. The lowest BCUT2D eigenvalue weighted by molar-refractivity contribution is 0.0823. The average molecular weight is 296 g/mol. The molecule has 0 radical (unpaired) electrons. The summed E-state index contributed by atoms with van der Waals surface area (Å²) in [5.74, 6) is 2.03. The van der Waals surface area contributed by atoms with Crippen molar-refractivity contribution in [3.8, 4) is 17.2 Å². The van der Waals surface area contributed by atoms with Crippen LogP contribution in [0.1, 0.15) is 22.3 Å². The molecule has 4 rings (SSSR count). The summed E-state index contributed by atoms with van der Waals surface area (Å²) >= 11 is 0. The Morgan fingerprint density at radius 1 is 1.09 bits per heavy atom. The molecular formula is C18H16O4. The van der Waals surface area contributed by atoms with Gasteiger partial charge in [0.25, 0.3) is 0 Å². The Balaban J connectivity index is 1.78. The van der Waals surface area contributed by atoms with E-state index in [1.807, 2.05) is 42.5 Å². The van der Waals surface area contributed by atoms with Crippen LogP contribution in [-0.4, -0.2) is 20.0 Å². The van der Waals surface area contributed by atoms with Crippen molar-refractivity contribution in [3.05, 3.63) is 53.6 Å². The predicted octanol–water partition coefficient (Wildman–Crippen LogP) is 3.19. The van der Waals surface area contributed by atoms with Crippen LogP contribution in [0.25, 0.3) is 0 Å². The van der Waals surface area contributed by atoms with Gasteiger partial charge in [-0.2, -0.15) is 0 Å². The van der Waals surface area contributed by atoms with Gasteiger partial charge < -0.3 is 14.2 Å². The van der Waals surface area contributed by atoms with Gasteiger partial charge in [-0.25, -0.2) is 0 Å². The molecule has 22 heavy (non-hydrogen) atoms. The highest BCUT2D eigenvalue weighted by Crippen LogP contribution is 2.60. The fourth-order valence-corrected chi connectivity index (χ4v) is 3.28. The lowest BCUT2D eigenvalue weighted by atomic mass is 9.96. The van der Waals surface area contributed by atoms with Crippen LogP contribution in [0, 0.1) is 5.92 Å². The molecular weight excluding hydrogens is 280 g/mol. The second-order valence-electron chi connectivity index (χ2n) is 5.68. The van der Waals surface area contributed by atoms with Gasteiger partial charge in [0.2, 0.25) is 0 Å². The lowest BCUT2D eigenvalue weighted by Crippen LogP contribution is -2.27. The number of para-hydroxylation sites is 1. The van der Waals surface area contributed by atoms with Crippen LogP contribution in [0.3, 0.4) is 0 Å². The number of carbonyl (C=O) groups is 1. The Morgan fingerprint density at radius 2 is 1.86 bits per heavy atom. The van der Waals surface area contributed by atoms with Crippen LogP contribution in [0.15, 0.2) is 42.5 Å². The number of hydrogen-bond acceptors (Lipinski definition) is 4. The van der Waals surface area contributed by atoms with Crippen molar-refractivity contribution in [1.82, 2.24) is 0 Å². The van der Waals surface area contributed by atoms with E-state index in [1.54, 1.807) is 14.2 Å². The third-order valence-electron chi connectivity index (χ3n) is 4.54. The number of ether oxygens (including phenoxy) is 3. The smallest absolute Gasteiger partial charge is 0.174 e. The molecule has 1 aliphatic heterocycles. The first kappa shape index (κ1) is 13.2. The van der Waals surface area contributed by atoms with E-state index in [4.69, 9.17) is 14.2 Å². The van der Waals surface area contributed by atoms with E-state index in [0.717, 1.165) is 5.56 Å². The number of carbonyl (C=O) groups excluding carboxylic acids is 1. The van der Waals surface area contributed by atoms with E-state index in [0.29, 0.717) is 29.2 Å². The highest BCUT2D eigenvalue weighted by Gasteiger charge is 2.65. The standard InChI is InChI=1S/C18H16O4/c1-20-15-8-7-11(9-16(15)21-2)18-10-13(18)17(19)12-5-3-4-6-14(12)22-18/h3-9,13H,10H2,1-2H3. The van der Waals surface area contributed by atoms with Gasteiger partial charge in [0, 0.05) is 12.0 Å². The highest BCUT2D eigenvalue weighted by molar-refractivity contribution is 6.04. The maximum absolute atomic E-state index is 12.6. The van der Waals surface area contributed by atoms with Crippen molar-refractivity contribution < 1.29 is 19.0 Å². The Bertz CT molecular complexity index is 767. The van der Waals surface area contributed by atoms with Crippen LogP contribution in [0.2, 0.25) is 0 Å². The van der Waals surface area contributed by atoms with Crippen molar-refractivity contribution in [3.63, 3.8) is 0 Å². The molecule has 1 heterocycles. The van der Waals surface area contributed by atoms with Crippen LogP contribution in [0.4, 0.5) is 0 Å². The molecule has 2 atom stereocenters. The molecule has 1 aliphatic carbocycles. The Labute approximate surface area is 128 Å². The summed E-state index contributed by atoms with van der Waals surface area (Å²) in [7, 11) is 3.21. The average Bonchev–Trinajstić information content (AvgIpc) is 3.30. The molecule has 0 amide bonds. The van der Waals surface area contributed by atoms with Gasteiger partial charge in [-0.15, -0.1) is 0 Å². The summed E-state index contributed by atoms with van der Waals surface area (Å²) < 4.78 is 16.8. The SMILES string of the molecule is COc1ccc(C23CC2C(=O)c2ccccc2O3)cc1OC. The third-order valence-corrected chi connectivity index (χ3v) is 4.54. The van der Waals surface area contributed by atoms with Crippen LogP contribution < -0.4 is 14.2 Å². The molecule has 0 aromatic heterocycles. The van der Waals surface area contributed by atoms with Crippen molar-refractivity contribution in [1.29, 1.82) is 0 Å². The van der Waals surface area contributed by atoms with E-state index in [-0.39, 0.29) is 11.7 Å². The Kier molecular flexibility index (Phi) is 2.70. The minimum absolute atomic E-state index is 0.111. The topological polar surface area (TPSA) is 44.8 Å². The fraction of sp³-hybridized carbons (Fsp3) is 0.278.